The second-order valence-electron chi connectivity index (χ2n) is 5.71. The van der Waals surface area contributed by atoms with Crippen LogP contribution >= 0.6 is 11.6 Å². The number of fused-ring (bicyclic) bond motifs is 1. The fourth-order valence-electron chi connectivity index (χ4n) is 2.82. The lowest BCUT2D eigenvalue weighted by Gasteiger charge is -2.21. The average Bonchev–Trinajstić information content (AvgIpc) is 2.60. The topological polar surface area (TPSA) is 33.2 Å². The van der Waals surface area contributed by atoms with E-state index in [4.69, 9.17) is 11.6 Å². The summed E-state index contributed by atoms with van der Waals surface area (Å²) in [6.07, 6.45) is 2.11. The quantitative estimate of drug-likeness (QED) is 0.687. The van der Waals surface area contributed by atoms with Crippen LogP contribution in [0, 0.1) is 0 Å². The van der Waals surface area contributed by atoms with Crippen LogP contribution in [0.5, 0.6) is 0 Å². The number of likely N-dealkylation sites (N-methyl/N-ethyl adjacent to an activating group) is 1. The molecule has 0 spiro atoms. The van der Waals surface area contributed by atoms with Crippen LogP contribution in [0.4, 0.5) is 0 Å². The molecule has 1 aromatic heterocycles. The number of carbonyl (C=O) groups excluding carboxylic acids is 1. The first-order chi connectivity index (χ1) is 11.7. The number of hydrogen-bond donors (Lipinski definition) is 0. The van der Waals surface area contributed by atoms with Gasteiger partial charge in [0, 0.05) is 29.7 Å². The number of pyridine rings is 1. The van der Waals surface area contributed by atoms with Gasteiger partial charge in [0.25, 0.3) is 0 Å². The van der Waals surface area contributed by atoms with E-state index in [9.17, 15) is 4.79 Å². The van der Waals surface area contributed by atoms with E-state index in [0.717, 1.165) is 22.0 Å². The highest BCUT2D eigenvalue weighted by Gasteiger charge is 2.15. The number of para-hydroxylation sites is 1. The molecular formula is C20H19ClN2O. The molecule has 0 N–H and O–H groups in total. The molecule has 4 heteroatoms. The Morgan fingerprint density at radius 2 is 1.92 bits per heavy atom. The number of benzene rings is 2. The van der Waals surface area contributed by atoms with E-state index >= 15 is 0 Å². The molecule has 122 valence electrons. The molecule has 0 radical (unpaired) electrons. The Morgan fingerprint density at radius 3 is 2.71 bits per heavy atom. The maximum atomic E-state index is 12.7. The molecule has 24 heavy (non-hydrogen) atoms. The van der Waals surface area contributed by atoms with Gasteiger partial charge in [-0.3, -0.25) is 9.78 Å². The van der Waals surface area contributed by atoms with E-state index in [2.05, 4.69) is 4.98 Å². The highest BCUT2D eigenvalue weighted by molar-refractivity contribution is 6.30. The Labute approximate surface area is 146 Å². The Hall–Kier alpha value is -2.39. The first-order valence-corrected chi connectivity index (χ1v) is 8.40. The molecule has 3 rings (SSSR count). The van der Waals surface area contributed by atoms with E-state index in [1.54, 1.807) is 6.20 Å². The number of amides is 1. The second kappa shape index (κ2) is 7.45. The zero-order valence-electron chi connectivity index (χ0n) is 13.6. The van der Waals surface area contributed by atoms with Crippen LogP contribution in [0.1, 0.15) is 18.1 Å². The minimum absolute atomic E-state index is 0.0932. The van der Waals surface area contributed by atoms with Crippen molar-refractivity contribution in [2.75, 3.05) is 6.54 Å². The Kier molecular flexibility index (Phi) is 5.11. The van der Waals surface area contributed by atoms with Gasteiger partial charge < -0.3 is 4.90 Å². The fraction of sp³-hybridized carbons (Fsp3) is 0.200. The zero-order valence-corrected chi connectivity index (χ0v) is 14.3. The predicted octanol–water partition coefficient (Wildman–Crippen LogP) is 4.48. The molecule has 2 aromatic carbocycles. The summed E-state index contributed by atoms with van der Waals surface area (Å²) in [5.74, 6) is 0.0932. The number of rotatable bonds is 5. The van der Waals surface area contributed by atoms with Gasteiger partial charge >= 0.3 is 0 Å². The standard InChI is InChI=1S/C20H19ClN2O/c1-2-23(14-15-6-3-10-18(21)12-15)19(24)13-17-8-4-7-16-9-5-11-22-20(16)17/h3-12H,2,13-14H2,1H3. The van der Waals surface area contributed by atoms with Crippen molar-refractivity contribution in [1.82, 2.24) is 9.88 Å². The van der Waals surface area contributed by atoms with Gasteiger partial charge in [-0.25, -0.2) is 0 Å². The summed E-state index contributed by atoms with van der Waals surface area (Å²) < 4.78 is 0. The molecular weight excluding hydrogens is 320 g/mol. The van der Waals surface area contributed by atoms with Crippen LogP contribution in [0.15, 0.2) is 60.8 Å². The average molecular weight is 339 g/mol. The van der Waals surface area contributed by atoms with Gasteiger partial charge in [0.05, 0.1) is 11.9 Å². The first-order valence-electron chi connectivity index (χ1n) is 8.02. The summed E-state index contributed by atoms with van der Waals surface area (Å²) in [5, 5.41) is 1.75. The van der Waals surface area contributed by atoms with Gasteiger partial charge in [0.15, 0.2) is 0 Å². The molecule has 0 atom stereocenters. The number of carbonyl (C=O) groups is 1. The van der Waals surface area contributed by atoms with Crippen molar-refractivity contribution in [3.8, 4) is 0 Å². The van der Waals surface area contributed by atoms with E-state index < -0.39 is 0 Å². The van der Waals surface area contributed by atoms with Crippen molar-refractivity contribution in [2.24, 2.45) is 0 Å². The third-order valence-corrected chi connectivity index (χ3v) is 4.29. The molecule has 3 nitrogen and oxygen atoms in total. The van der Waals surface area contributed by atoms with Crippen molar-refractivity contribution < 1.29 is 4.79 Å². The predicted molar refractivity (Wildman–Crippen MR) is 98.0 cm³/mol. The molecule has 0 unspecified atom stereocenters. The van der Waals surface area contributed by atoms with Crippen molar-refractivity contribution in [1.29, 1.82) is 0 Å². The van der Waals surface area contributed by atoms with Crippen LogP contribution in [0.25, 0.3) is 10.9 Å². The third kappa shape index (κ3) is 3.74. The molecule has 0 bridgehead atoms. The normalized spacial score (nSPS) is 10.8. The van der Waals surface area contributed by atoms with Gasteiger partial charge in [0.1, 0.15) is 0 Å². The zero-order chi connectivity index (χ0) is 16.9. The van der Waals surface area contributed by atoms with Crippen LogP contribution in [-0.4, -0.2) is 22.3 Å². The third-order valence-electron chi connectivity index (χ3n) is 4.05. The van der Waals surface area contributed by atoms with Crippen molar-refractivity contribution in [3.63, 3.8) is 0 Å². The molecule has 0 aliphatic carbocycles. The number of halogens is 1. The van der Waals surface area contributed by atoms with E-state index in [0.29, 0.717) is 24.5 Å². The molecule has 0 aliphatic rings. The number of aromatic nitrogens is 1. The summed E-state index contributed by atoms with van der Waals surface area (Å²) in [4.78, 5) is 19.0. The van der Waals surface area contributed by atoms with E-state index in [1.165, 1.54) is 0 Å². The Bertz CT molecular complexity index is 858. The summed E-state index contributed by atoms with van der Waals surface area (Å²) >= 11 is 6.03. The summed E-state index contributed by atoms with van der Waals surface area (Å²) in [7, 11) is 0. The number of nitrogens with zero attached hydrogens (tertiary/aromatic N) is 2. The van der Waals surface area contributed by atoms with Gasteiger partial charge in [-0.1, -0.05) is 48.0 Å². The highest BCUT2D eigenvalue weighted by atomic mass is 35.5. The lowest BCUT2D eigenvalue weighted by atomic mass is 10.1. The smallest absolute Gasteiger partial charge is 0.227 e. The van der Waals surface area contributed by atoms with Gasteiger partial charge in [-0.15, -0.1) is 0 Å². The van der Waals surface area contributed by atoms with Crippen LogP contribution in [0.3, 0.4) is 0 Å². The molecule has 0 saturated carbocycles. The monoisotopic (exact) mass is 338 g/mol. The minimum atomic E-state index is 0.0932. The first kappa shape index (κ1) is 16.5. The highest BCUT2D eigenvalue weighted by Crippen LogP contribution is 2.18. The lowest BCUT2D eigenvalue weighted by Crippen LogP contribution is -2.31. The Morgan fingerprint density at radius 1 is 1.12 bits per heavy atom. The lowest BCUT2D eigenvalue weighted by molar-refractivity contribution is -0.130. The number of hydrogen-bond acceptors (Lipinski definition) is 2. The summed E-state index contributed by atoms with van der Waals surface area (Å²) in [5.41, 5.74) is 2.89. The van der Waals surface area contributed by atoms with Gasteiger partial charge in [0.2, 0.25) is 5.91 Å². The van der Waals surface area contributed by atoms with Gasteiger partial charge in [-0.2, -0.15) is 0 Å². The van der Waals surface area contributed by atoms with Crippen molar-refractivity contribution in [3.05, 3.63) is 76.9 Å². The van der Waals surface area contributed by atoms with Crippen LogP contribution in [-0.2, 0) is 17.8 Å². The molecule has 0 aliphatic heterocycles. The molecule has 0 saturated heterocycles. The van der Waals surface area contributed by atoms with Crippen LogP contribution < -0.4 is 0 Å². The van der Waals surface area contributed by atoms with E-state index in [1.807, 2.05) is 66.4 Å². The molecule has 3 aromatic rings. The maximum absolute atomic E-state index is 12.7. The maximum Gasteiger partial charge on any atom is 0.227 e. The molecule has 0 fully saturated rings. The van der Waals surface area contributed by atoms with E-state index in [-0.39, 0.29) is 5.91 Å². The molecule has 1 heterocycles. The van der Waals surface area contributed by atoms with Gasteiger partial charge in [-0.05, 0) is 36.2 Å². The molecule has 1 amide bonds. The summed E-state index contributed by atoms with van der Waals surface area (Å²) in [6, 6.07) is 17.5. The summed E-state index contributed by atoms with van der Waals surface area (Å²) in [6.45, 7) is 3.21. The Balaban J connectivity index is 1.79. The fourth-order valence-corrected chi connectivity index (χ4v) is 3.03. The largest absolute Gasteiger partial charge is 0.338 e. The SMILES string of the molecule is CCN(Cc1cccc(Cl)c1)C(=O)Cc1cccc2cccnc12. The van der Waals surface area contributed by atoms with Crippen molar-refractivity contribution in [2.45, 2.75) is 19.9 Å². The van der Waals surface area contributed by atoms with Crippen LogP contribution in [0.2, 0.25) is 5.02 Å². The van der Waals surface area contributed by atoms with Crippen molar-refractivity contribution >= 4 is 28.4 Å². The minimum Gasteiger partial charge on any atom is -0.338 e. The second-order valence-corrected chi connectivity index (χ2v) is 6.14.